The summed E-state index contributed by atoms with van der Waals surface area (Å²) in [6, 6.07) is -1.48. The van der Waals surface area contributed by atoms with Gasteiger partial charge in [-0.3, -0.25) is 38.4 Å². The first-order valence-electron chi connectivity index (χ1n) is 28.0. The van der Waals surface area contributed by atoms with Gasteiger partial charge in [0.1, 0.15) is 48.1 Å². The Morgan fingerprint density at radius 2 is 1.52 bits per heavy atom. The van der Waals surface area contributed by atoms with Crippen molar-refractivity contribution in [2.75, 3.05) is 34.3 Å². The highest BCUT2D eigenvalue weighted by Crippen LogP contribution is 2.28. The molecule has 0 saturated carbocycles. The summed E-state index contributed by atoms with van der Waals surface area (Å²) >= 11 is 0. The molecule has 4 N–H and O–H groups in total. The second-order valence-electron chi connectivity index (χ2n) is 22.8. The number of methoxy groups -OCH3 is 1. The smallest absolute Gasteiger partial charge is 0.329 e. The Labute approximate surface area is 456 Å². The lowest BCUT2D eigenvalue weighted by molar-refractivity contribution is -0.162. The molecular formula is C57H91N7O13. The van der Waals surface area contributed by atoms with Crippen LogP contribution in [-0.2, 0) is 59.0 Å². The molecule has 20 nitrogen and oxygen atoms in total. The highest BCUT2D eigenvalue weighted by molar-refractivity contribution is 5.97. The number of amides is 7. The summed E-state index contributed by atoms with van der Waals surface area (Å²) in [4.78, 5) is 136. The molecule has 4 rings (SSSR count). The molecule has 0 aliphatic carbocycles. The van der Waals surface area contributed by atoms with Crippen LogP contribution in [0.15, 0.2) is 24.3 Å². The van der Waals surface area contributed by atoms with Gasteiger partial charge in [-0.05, 0) is 93.2 Å². The van der Waals surface area contributed by atoms with Gasteiger partial charge in [0.15, 0.2) is 6.10 Å². The van der Waals surface area contributed by atoms with E-state index in [4.69, 9.17) is 14.2 Å². The van der Waals surface area contributed by atoms with E-state index in [2.05, 4.69) is 16.0 Å². The molecule has 3 heterocycles. The number of nitrogens with zero attached hydrogens (tertiary/aromatic N) is 4. The molecule has 0 radical (unpaired) electrons. The number of aliphatic hydroxyl groups is 1. The third-order valence-electron chi connectivity index (χ3n) is 15.4. The van der Waals surface area contributed by atoms with Crippen molar-refractivity contribution in [2.24, 2.45) is 29.6 Å². The van der Waals surface area contributed by atoms with Crippen LogP contribution in [-0.4, -0.2) is 173 Å². The second kappa shape index (κ2) is 29.3. The van der Waals surface area contributed by atoms with Crippen molar-refractivity contribution in [1.29, 1.82) is 0 Å². The van der Waals surface area contributed by atoms with Crippen LogP contribution in [0.2, 0.25) is 0 Å². The second-order valence-corrected chi connectivity index (χ2v) is 22.8. The molecule has 20 heteroatoms. The molecule has 77 heavy (non-hydrogen) atoms. The van der Waals surface area contributed by atoms with E-state index in [-0.39, 0.29) is 55.9 Å². The predicted octanol–water partition coefficient (Wildman–Crippen LogP) is 4.17. The molecule has 0 spiro atoms. The fraction of sp³-hybridized carbons (Fsp3) is 0.737. The van der Waals surface area contributed by atoms with Crippen LogP contribution in [0.5, 0.6) is 5.75 Å². The minimum Gasteiger partial charge on any atom is -0.497 e. The van der Waals surface area contributed by atoms with Crippen LogP contribution < -0.4 is 20.7 Å². The number of hydrogen-bond acceptors (Lipinski definition) is 13. The summed E-state index contributed by atoms with van der Waals surface area (Å²) in [6.07, 6.45) is -1.33. The van der Waals surface area contributed by atoms with E-state index in [1.165, 1.54) is 42.8 Å². The number of carbonyl (C=O) groups is 9. The largest absolute Gasteiger partial charge is 0.497 e. The number of cyclic esters (lactones) is 2. The Morgan fingerprint density at radius 1 is 0.870 bits per heavy atom. The summed E-state index contributed by atoms with van der Waals surface area (Å²) in [5.74, 6) is -7.05. The summed E-state index contributed by atoms with van der Waals surface area (Å²) in [5.41, 5.74) is 0.612. The molecule has 3 aliphatic rings. The van der Waals surface area contributed by atoms with E-state index in [1.54, 1.807) is 49.9 Å². The van der Waals surface area contributed by atoms with Gasteiger partial charge in [-0.2, -0.15) is 0 Å². The molecule has 1 aromatic carbocycles. The SMILES string of the molecule is CCCC(C)C(=O)N1CCCC1C(=O)N(C)[C@H](CC(C)C)C(=O)N[C@@H]1C(=O)N[C@H]([C@@H](C)CC)[C@@H](O)CC(=O)O[C@@H](C(C)C)C(=O)N[C@@H](CC(C)C)C(=O)N2CCC[C@H]2C(=O)N(C)[C@@H](Cc2ccc(OC)cc2)C(=O)O[C@@H]1C. The minimum atomic E-state index is -1.69. The number of aliphatic hydroxyl groups excluding tert-OH is 1. The van der Waals surface area contributed by atoms with E-state index in [9.17, 15) is 48.3 Å². The molecule has 3 saturated heterocycles. The molecule has 432 valence electrons. The van der Waals surface area contributed by atoms with Crippen molar-refractivity contribution in [3.05, 3.63) is 29.8 Å². The van der Waals surface area contributed by atoms with Crippen molar-refractivity contribution in [3.8, 4) is 5.75 Å². The van der Waals surface area contributed by atoms with Crippen molar-refractivity contribution >= 4 is 53.3 Å². The lowest BCUT2D eigenvalue weighted by Crippen LogP contribution is -2.62. The van der Waals surface area contributed by atoms with Crippen LogP contribution in [0.1, 0.15) is 146 Å². The number of nitrogens with one attached hydrogen (secondary N) is 3. The number of hydrogen-bond donors (Lipinski definition) is 4. The van der Waals surface area contributed by atoms with Gasteiger partial charge in [0.2, 0.25) is 35.4 Å². The molecule has 2 unspecified atom stereocenters. The number of fused-ring (bicyclic) bond motifs is 1. The van der Waals surface area contributed by atoms with Crippen molar-refractivity contribution in [1.82, 2.24) is 35.6 Å². The average Bonchev–Trinajstić information content (AvgIpc) is 4.09. The Bertz CT molecular complexity index is 2210. The van der Waals surface area contributed by atoms with E-state index in [0.29, 0.717) is 50.0 Å². The number of benzene rings is 1. The Balaban J connectivity index is 1.86. The monoisotopic (exact) mass is 1080 g/mol. The van der Waals surface area contributed by atoms with Crippen LogP contribution in [0.3, 0.4) is 0 Å². The molecule has 1 aromatic rings. The highest BCUT2D eigenvalue weighted by atomic mass is 16.6. The molecular weight excluding hydrogens is 991 g/mol. The maximum Gasteiger partial charge on any atom is 0.329 e. The number of esters is 2. The zero-order valence-corrected chi connectivity index (χ0v) is 48.3. The molecule has 7 amide bonds. The van der Waals surface area contributed by atoms with Crippen LogP contribution in [0.25, 0.3) is 0 Å². The molecule has 3 fully saturated rings. The Morgan fingerprint density at radius 3 is 2.10 bits per heavy atom. The van der Waals surface area contributed by atoms with Gasteiger partial charge in [-0.1, -0.05) is 94.2 Å². The lowest BCUT2D eigenvalue weighted by Gasteiger charge is -2.36. The number of carbonyl (C=O) groups excluding carboxylic acids is 9. The van der Waals surface area contributed by atoms with E-state index in [1.807, 2.05) is 48.5 Å². The van der Waals surface area contributed by atoms with Gasteiger partial charge >= 0.3 is 11.9 Å². The summed E-state index contributed by atoms with van der Waals surface area (Å²) in [6.45, 7) is 20.2. The van der Waals surface area contributed by atoms with Gasteiger partial charge in [0.05, 0.1) is 25.7 Å². The summed E-state index contributed by atoms with van der Waals surface area (Å²) in [5, 5.41) is 20.3. The summed E-state index contributed by atoms with van der Waals surface area (Å²) in [7, 11) is 4.44. The fourth-order valence-electron chi connectivity index (χ4n) is 10.7. The topological polar surface area (TPSA) is 251 Å². The normalized spacial score (nSPS) is 26.8. The van der Waals surface area contributed by atoms with Crippen LogP contribution >= 0.6 is 0 Å². The van der Waals surface area contributed by atoms with Crippen LogP contribution in [0.4, 0.5) is 0 Å². The minimum absolute atomic E-state index is 0.0815. The quantitative estimate of drug-likeness (QED) is 0.160. The highest BCUT2D eigenvalue weighted by Gasteiger charge is 2.45. The van der Waals surface area contributed by atoms with Crippen molar-refractivity contribution in [2.45, 2.75) is 207 Å². The molecule has 12 atom stereocenters. The number of rotatable bonds is 17. The standard InChI is InChI=1S/C57H91N7O13/c1-15-19-36(10)53(70)63-26-17-20-41(63)55(72)61(12)43(29-33(5)6)50(67)60-48-37(11)76-57(74)44(30-38-22-24-39(75-14)25-23-38)62(13)56(73)42-21-18-27-64(42)54(71)40(28-32(3)4)58-52(69)49(34(7)8)77-46(66)31-45(65)47(35(9)16-2)59-51(48)68/h22-25,32-37,40-45,47-49,65H,15-21,26-31H2,1-14H3,(H,58,69)(H,59,68)(H,60,67)/t35-,36?,37+,40-,41?,42-,43+,44-,45-,47+,48-,49-/m0/s1. The third kappa shape index (κ3) is 16.9. The van der Waals surface area contributed by atoms with Crippen LogP contribution in [0, 0.1) is 29.6 Å². The van der Waals surface area contributed by atoms with Gasteiger partial charge in [0, 0.05) is 39.5 Å². The van der Waals surface area contributed by atoms with Gasteiger partial charge < -0.3 is 54.9 Å². The molecule has 0 aromatic heterocycles. The maximum absolute atomic E-state index is 15.0. The Hall–Kier alpha value is -5.79. The predicted molar refractivity (Wildman–Crippen MR) is 288 cm³/mol. The average molecular weight is 1080 g/mol. The zero-order chi connectivity index (χ0) is 57.6. The first-order valence-corrected chi connectivity index (χ1v) is 28.0. The molecule has 0 bridgehead atoms. The van der Waals surface area contributed by atoms with E-state index in [0.717, 1.165) is 6.42 Å². The summed E-state index contributed by atoms with van der Waals surface area (Å²) < 4.78 is 17.3. The number of ether oxygens (including phenoxy) is 3. The van der Waals surface area contributed by atoms with Crippen molar-refractivity contribution < 1.29 is 62.5 Å². The van der Waals surface area contributed by atoms with Crippen molar-refractivity contribution in [3.63, 3.8) is 0 Å². The first-order chi connectivity index (χ1) is 36.3. The molecule has 3 aliphatic heterocycles. The van der Waals surface area contributed by atoms with Gasteiger partial charge in [0.25, 0.3) is 5.91 Å². The zero-order valence-electron chi connectivity index (χ0n) is 48.3. The Kier molecular flexibility index (Phi) is 24.2. The number of likely N-dealkylation sites (tertiary alicyclic amines) is 1. The van der Waals surface area contributed by atoms with E-state index >= 15 is 0 Å². The fourth-order valence-corrected chi connectivity index (χ4v) is 10.7. The maximum atomic E-state index is 15.0. The number of likely N-dealkylation sites (N-methyl/N-ethyl adjacent to an activating group) is 2. The van der Waals surface area contributed by atoms with Gasteiger partial charge in [-0.25, -0.2) is 4.79 Å². The lowest BCUT2D eigenvalue weighted by atomic mass is 9.92. The first kappa shape index (κ1) is 63.7. The third-order valence-corrected chi connectivity index (χ3v) is 15.4. The van der Waals surface area contributed by atoms with E-state index < -0.39 is 126 Å². The van der Waals surface area contributed by atoms with Gasteiger partial charge in [-0.15, -0.1) is 0 Å².